The molecule has 2 heterocycles. The number of carbonyl (C=O) groups is 1. The molecule has 0 bridgehead atoms. The van der Waals surface area contributed by atoms with E-state index in [2.05, 4.69) is 21.3 Å². The van der Waals surface area contributed by atoms with Crippen LogP contribution in [0.5, 0.6) is 0 Å². The van der Waals surface area contributed by atoms with Crippen molar-refractivity contribution in [3.05, 3.63) is 27.9 Å². The van der Waals surface area contributed by atoms with Crippen molar-refractivity contribution < 1.29 is 9.90 Å². The van der Waals surface area contributed by atoms with Gasteiger partial charge in [0, 0.05) is 5.38 Å². The van der Waals surface area contributed by atoms with E-state index in [0.29, 0.717) is 20.6 Å². The van der Waals surface area contributed by atoms with Crippen molar-refractivity contribution in [3.63, 3.8) is 0 Å². The molecule has 0 aromatic carbocycles. The topological polar surface area (TPSA) is 99.8 Å². The lowest BCUT2D eigenvalue weighted by molar-refractivity contribution is -0.136. The molecule has 2 aromatic heterocycles. The van der Waals surface area contributed by atoms with Crippen molar-refractivity contribution in [2.75, 3.05) is 0 Å². The summed E-state index contributed by atoms with van der Waals surface area (Å²) < 4.78 is 0.648. The third-order valence-corrected chi connectivity index (χ3v) is 4.55. The van der Waals surface area contributed by atoms with Gasteiger partial charge in [-0.2, -0.15) is 10.4 Å². The van der Waals surface area contributed by atoms with Crippen molar-refractivity contribution in [3.8, 4) is 6.07 Å². The molecule has 2 aromatic rings. The average molecular weight is 306 g/mol. The highest BCUT2D eigenvalue weighted by Crippen LogP contribution is 2.32. The van der Waals surface area contributed by atoms with Crippen LogP contribution in [0.4, 0.5) is 0 Å². The van der Waals surface area contributed by atoms with Gasteiger partial charge in [0.2, 0.25) is 0 Å². The smallest absolute Gasteiger partial charge is 0.309 e. The van der Waals surface area contributed by atoms with Gasteiger partial charge < -0.3 is 5.11 Å². The van der Waals surface area contributed by atoms with Crippen LogP contribution in [0.2, 0.25) is 0 Å². The monoisotopic (exact) mass is 306 g/mol. The van der Waals surface area contributed by atoms with Crippen molar-refractivity contribution >= 4 is 29.1 Å². The number of aromatic nitrogens is 3. The lowest BCUT2D eigenvalue weighted by Gasteiger charge is -2.04. The first-order valence-electron chi connectivity index (χ1n) is 5.59. The van der Waals surface area contributed by atoms with Crippen LogP contribution in [0.25, 0.3) is 0 Å². The number of carboxylic acid groups (broad SMARTS) is 1. The summed E-state index contributed by atoms with van der Waals surface area (Å²) in [6.45, 7) is 3.62. The number of hydrogen-bond donors (Lipinski definition) is 1. The van der Waals surface area contributed by atoms with Crippen molar-refractivity contribution in [1.82, 2.24) is 15.2 Å². The zero-order valence-corrected chi connectivity index (χ0v) is 12.4. The molecule has 6 nitrogen and oxygen atoms in total. The lowest BCUT2D eigenvalue weighted by Crippen LogP contribution is -2.00. The van der Waals surface area contributed by atoms with Gasteiger partial charge in [0.25, 0.3) is 0 Å². The molecule has 0 atom stereocenters. The summed E-state index contributed by atoms with van der Waals surface area (Å²) in [5.41, 5.74) is 2.50. The van der Waals surface area contributed by atoms with Crippen LogP contribution in [-0.2, 0) is 11.2 Å². The van der Waals surface area contributed by atoms with E-state index in [-0.39, 0.29) is 6.42 Å². The van der Waals surface area contributed by atoms with Gasteiger partial charge in [0.15, 0.2) is 4.34 Å². The number of aryl methyl sites for hydroxylation is 1. The van der Waals surface area contributed by atoms with Gasteiger partial charge >= 0.3 is 5.97 Å². The normalized spacial score (nSPS) is 10.2. The number of hydrogen-bond acceptors (Lipinski definition) is 7. The molecule has 0 saturated heterocycles. The molecule has 0 aliphatic rings. The number of thiazole rings is 1. The van der Waals surface area contributed by atoms with Crippen molar-refractivity contribution in [1.29, 1.82) is 5.26 Å². The zero-order valence-electron chi connectivity index (χ0n) is 10.7. The Morgan fingerprint density at radius 3 is 2.90 bits per heavy atom. The van der Waals surface area contributed by atoms with Gasteiger partial charge in [-0.25, -0.2) is 4.98 Å². The van der Waals surface area contributed by atoms with Crippen molar-refractivity contribution in [2.24, 2.45) is 0 Å². The van der Waals surface area contributed by atoms with Crippen LogP contribution in [-0.4, -0.2) is 26.3 Å². The summed E-state index contributed by atoms with van der Waals surface area (Å²) in [5, 5.41) is 28.1. The molecule has 0 spiro atoms. The molecule has 2 rings (SSSR count). The Balaban J connectivity index is 2.27. The van der Waals surface area contributed by atoms with Crippen LogP contribution < -0.4 is 0 Å². The van der Waals surface area contributed by atoms with Crippen LogP contribution in [0.3, 0.4) is 0 Å². The van der Waals surface area contributed by atoms with E-state index in [4.69, 9.17) is 5.11 Å². The van der Waals surface area contributed by atoms with Gasteiger partial charge in [0.05, 0.1) is 23.4 Å². The Morgan fingerprint density at radius 1 is 1.50 bits per heavy atom. The summed E-state index contributed by atoms with van der Waals surface area (Å²) >= 11 is 2.55. The van der Waals surface area contributed by atoms with Crippen LogP contribution in [0.15, 0.2) is 14.7 Å². The molecule has 8 heteroatoms. The molecule has 0 fully saturated rings. The number of aliphatic carboxylic acids is 1. The van der Waals surface area contributed by atoms with E-state index in [0.717, 1.165) is 11.3 Å². The molecule has 20 heavy (non-hydrogen) atoms. The maximum atomic E-state index is 10.6. The van der Waals surface area contributed by atoms with Gasteiger partial charge in [-0.1, -0.05) is 0 Å². The molecule has 1 N–H and O–H groups in total. The summed E-state index contributed by atoms with van der Waals surface area (Å²) in [5.74, 6) is -0.921. The van der Waals surface area contributed by atoms with E-state index in [1.165, 1.54) is 23.1 Å². The fourth-order valence-electron chi connectivity index (χ4n) is 1.44. The van der Waals surface area contributed by atoms with E-state index in [1.54, 1.807) is 12.3 Å². The van der Waals surface area contributed by atoms with Crippen molar-refractivity contribution in [2.45, 2.75) is 29.6 Å². The molecule has 102 valence electrons. The SMILES string of the molecule is Cc1nnc(Sc2nc(CC(=O)O)cs2)c(C#N)c1C. The number of nitrogens with zero attached hydrogens (tertiary/aromatic N) is 4. The predicted octanol–water partition coefficient (Wildman–Crippen LogP) is 2.20. The summed E-state index contributed by atoms with van der Waals surface area (Å²) in [4.78, 5) is 14.8. The van der Waals surface area contributed by atoms with E-state index in [1.807, 2.05) is 6.92 Å². The van der Waals surface area contributed by atoms with E-state index < -0.39 is 5.97 Å². The van der Waals surface area contributed by atoms with Crippen LogP contribution >= 0.6 is 23.1 Å². The lowest BCUT2D eigenvalue weighted by atomic mass is 10.1. The third-order valence-electron chi connectivity index (χ3n) is 2.58. The Hall–Kier alpha value is -1.98. The Morgan fingerprint density at radius 2 is 2.25 bits per heavy atom. The fraction of sp³-hybridized carbons (Fsp3) is 0.250. The quantitative estimate of drug-likeness (QED) is 0.924. The summed E-state index contributed by atoms with van der Waals surface area (Å²) in [6.07, 6.45) is -0.110. The van der Waals surface area contributed by atoms with Crippen LogP contribution in [0, 0.1) is 25.2 Å². The minimum absolute atomic E-state index is 0.110. The molecule has 0 radical (unpaired) electrons. The van der Waals surface area contributed by atoms with E-state index in [9.17, 15) is 10.1 Å². The first-order chi connectivity index (χ1) is 9.51. The van der Waals surface area contributed by atoms with Gasteiger partial charge in [-0.3, -0.25) is 4.79 Å². The number of nitriles is 1. The maximum absolute atomic E-state index is 10.6. The molecule has 0 amide bonds. The summed E-state index contributed by atoms with van der Waals surface area (Å²) in [7, 11) is 0. The Bertz CT molecular complexity index is 706. The molecular formula is C12H10N4O2S2. The highest BCUT2D eigenvalue weighted by molar-refractivity contribution is 8.01. The standard InChI is InChI=1S/C12H10N4O2S2/c1-6-7(2)15-16-11(9(6)4-13)20-12-14-8(5-19-12)3-10(17)18/h5H,3H2,1-2H3,(H,17,18). The third kappa shape index (κ3) is 3.12. The minimum atomic E-state index is -0.921. The van der Waals surface area contributed by atoms with E-state index >= 15 is 0 Å². The Kier molecular flexibility index (Phi) is 4.32. The van der Waals surface area contributed by atoms with Gasteiger partial charge in [-0.05, 0) is 31.2 Å². The largest absolute Gasteiger partial charge is 0.481 e. The second-order valence-corrected chi connectivity index (χ2v) is 6.07. The van der Waals surface area contributed by atoms with Gasteiger partial charge in [-0.15, -0.1) is 16.4 Å². The minimum Gasteiger partial charge on any atom is -0.481 e. The summed E-state index contributed by atoms with van der Waals surface area (Å²) in [6, 6.07) is 2.12. The zero-order chi connectivity index (χ0) is 14.7. The average Bonchev–Trinajstić information content (AvgIpc) is 2.81. The first-order valence-corrected chi connectivity index (χ1v) is 7.29. The van der Waals surface area contributed by atoms with Crippen LogP contribution in [0.1, 0.15) is 22.5 Å². The first kappa shape index (κ1) is 14.4. The Labute approximate surface area is 123 Å². The second kappa shape index (κ2) is 5.98. The fourth-order valence-corrected chi connectivity index (χ4v) is 3.27. The second-order valence-electron chi connectivity index (χ2n) is 3.98. The molecule has 0 aliphatic carbocycles. The molecule has 0 unspecified atom stereocenters. The molecule has 0 aliphatic heterocycles. The molecular weight excluding hydrogens is 296 g/mol. The highest BCUT2D eigenvalue weighted by Gasteiger charge is 2.14. The molecule has 0 saturated carbocycles. The maximum Gasteiger partial charge on any atom is 0.309 e. The number of carboxylic acids is 1. The predicted molar refractivity (Wildman–Crippen MR) is 73.8 cm³/mol. The highest BCUT2D eigenvalue weighted by atomic mass is 32.2. The van der Waals surface area contributed by atoms with Gasteiger partial charge in [0.1, 0.15) is 11.1 Å². The number of rotatable bonds is 4.